The summed E-state index contributed by atoms with van der Waals surface area (Å²) in [5, 5.41) is 14.1. The molecule has 18 heteroatoms. The molecule has 1 saturated carbocycles. The fraction of sp³-hybridized carbons (Fsp3) is 0.420. The molecule has 0 radical (unpaired) electrons. The molecule has 10 rings (SSSR count). The van der Waals surface area contributed by atoms with Crippen LogP contribution >= 0.6 is 7.14 Å². The predicted octanol–water partition coefficient (Wildman–Crippen LogP) is 7.56. The molecule has 1 saturated heterocycles. The van der Waals surface area contributed by atoms with Gasteiger partial charge < -0.3 is 29.0 Å². The first-order chi connectivity index (χ1) is 32.4. The van der Waals surface area contributed by atoms with Gasteiger partial charge in [0.25, 0.3) is 5.91 Å². The Morgan fingerprint density at radius 1 is 0.956 bits per heavy atom. The smallest absolute Gasteiger partial charge is 0.387 e. The number of rotatable bonds is 11. The Hall–Kier alpha value is -6.45. The summed E-state index contributed by atoms with van der Waals surface area (Å²) in [6, 6.07) is 16.5. The van der Waals surface area contributed by atoms with Crippen LogP contribution in [0.2, 0.25) is 0 Å². The highest BCUT2D eigenvalue weighted by Crippen LogP contribution is 2.56. The fourth-order valence-electron chi connectivity index (χ4n) is 10.9. The van der Waals surface area contributed by atoms with Gasteiger partial charge in [0.05, 0.1) is 36.2 Å². The van der Waals surface area contributed by atoms with Gasteiger partial charge in [-0.3, -0.25) is 28.1 Å². The number of nitrogens with one attached hydrogen (secondary N) is 2. The van der Waals surface area contributed by atoms with Crippen LogP contribution in [0.15, 0.2) is 81.1 Å². The zero-order valence-corrected chi connectivity index (χ0v) is 40.9. The largest absolute Gasteiger partial charge is 0.438 e. The minimum Gasteiger partial charge on any atom is -0.387 e. The molecule has 6 heterocycles. The average Bonchev–Trinajstić information content (AvgIpc) is 3.82. The van der Waals surface area contributed by atoms with E-state index in [4.69, 9.17) is 14.4 Å². The van der Waals surface area contributed by atoms with Crippen molar-refractivity contribution in [2.45, 2.75) is 85.5 Å². The van der Waals surface area contributed by atoms with Gasteiger partial charge in [-0.2, -0.15) is 5.10 Å². The van der Waals surface area contributed by atoms with Crippen LogP contribution in [0.1, 0.15) is 87.1 Å². The Morgan fingerprint density at radius 3 is 2.31 bits per heavy atom. The number of halogens is 1. The van der Waals surface area contributed by atoms with E-state index in [9.17, 15) is 14.2 Å². The van der Waals surface area contributed by atoms with Crippen molar-refractivity contribution in [2.75, 3.05) is 55.8 Å². The Balaban J connectivity index is 1.11. The van der Waals surface area contributed by atoms with Crippen molar-refractivity contribution in [1.82, 2.24) is 38.5 Å². The lowest BCUT2D eigenvalue weighted by atomic mass is 10.0. The van der Waals surface area contributed by atoms with Crippen molar-refractivity contribution in [2.24, 2.45) is 5.92 Å². The molecule has 2 fully saturated rings. The van der Waals surface area contributed by atoms with E-state index < -0.39 is 24.5 Å². The van der Waals surface area contributed by atoms with Crippen LogP contribution in [0.25, 0.3) is 33.5 Å². The van der Waals surface area contributed by atoms with Crippen LogP contribution in [-0.2, 0) is 21.4 Å². The standard InChI is InChI=1S/C50H58FN10O6P/c1-10-68(65,11-2)40-15-13-36(26-37(40)52-9)58-16-17-59(48(58)64)44-42(34-22-29(3)41(51)30(4)23-34)54-60-19-18-57(32(6)43(44)60)45(62)39-25-33-24-35(56-20-21-66-49(7,8)28-56)12-14-38(33)61(39)50(27-31(50)5)46-53-47(63)67-55-46/h12-17,22-26,31-32,52H,10-11,18-21,27-28H2,1-9H3,(H,53,55,63)/t31-,32?,50-/m0/s1. The number of anilines is 2. The second-order valence-electron chi connectivity index (χ2n) is 19.3. The number of benzene rings is 3. The first-order valence-corrected chi connectivity index (χ1v) is 25.5. The van der Waals surface area contributed by atoms with E-state index >= 15 is 9.18 Å². The number of aromatic amines is 1. The van der Waals surface area contributed by atoms with Gasteiger partial charge in [0.1, 0.15) is 35.6 Å². The number of H-pyrrole nitrogens is 1. The SMILES string of the molecule is CCP(=O)(CC)c1ccc(-n2ccn(-c3c(-c4cc(C)c(F)c(C)c4)nn4c3C(C)N(C(=O)c3cc5cc(N6CCOC(C)(C)C6)ccc5n3[C@@]3(c5noc(=O)[nH]5)C[C@@H]3C)CC4)c2=O)cc1NC. The first kappa shape index (κ1) is 45.3. The maximum Gasteiger partial charge on any atom is 0.438 e. The normalized spacial score (nSPS) is 20.3. The summed E-state index contributed by atoms with van der Waals surface area (Å²) in [6.45, 7) is 18.1. The third kappa shape index (κ3) is 7.10. The van der Waals surface area contributed by atoms with E-state index in [1.165, 1.54) is 4.57 Å². The highest BCUT2D eigenvalue weighted by atomic mass is 31.2. The van der Waals surface area contributed by atoms with E-state index in [1.807, 2.05) is 65.3 Å². The summed E-state index contributed by atoms with van der Waals surface area (Å²) in [4.78, 5) is 49.9. The number of hydrogen-bond acceptors (Lipinski definition) is 10. The van der Waals surface area contributed by atoms with Crippen molar-refractivity contribution >= 4 is 40.6 Å². The minimum atomic E-state index is -2.66. The molecule has 0 bridgehead atoms. The van der Waals surface area contributed by atoms with Gasteiger partial charge in [0.2, 0.25) is 0 Å². The van der Waals surface area contributed by atoms with Gasteiger partial charge in [0.15, 0.2) is 5.82 Å². The lowest BCUT2D eigenvalue weighted by molar-refractivity contribution is -0.0276. The number of aromatic nitrogens is 7. The average molecular weight is 945 g/mol. The molecule has 2 aliphatic heterocycles. The van der Waals surface area contributed by atoms with Crippen LogP contribution in [0.4, 0.5) is 15.8 Å². The van der Waals surface area contributed by atoms with E-state index in [2.05, 4.69) is 53.3 Å². The minimum absolute atomic E-state index is 0.00113. The van der Waals surface area contributed by atoms with Crippen molar-refractivity contribution in [3.8, 4) is 22.6 Å². The molecule has 3 aliphatic rings. The van der Waals surface area contributed by atoms with Gasteiger partial charge >= 0.3 is 11.4 Å². The zero-order chi connectivity index (χ0) is 48.2. The number of amides is 1. The summed E-state index contributed by atoms with van der Waals surface area (Å²) >= 11 is 0. The number of aryl methyl sites for hydroxylation is 2. The molecule has 1 aliphatic carbocycles. The lowest BCUT2D eigenvalue weighted by Gasteiger charge is -2.39. The van der Waals surface area contributed by atoms with Gasteiger partial charge in [-0.15, -0.1) is 0 Å². The third-order valence-electron chi connectivity index (χ3n) is 14.7. The molecular weight excluding hydrogens is 887 g/mol. The number of carbonyl (C=O) groups is 1. The van der Waals surface area contributed by atoms with Crippen molar-refractivity contribution < 1.29 is 23.0 Å². The van der Waals surface area contributed by atoms with E-state index in [0.29, 0.717) is 102 Å². The van der Waals surface area contributed by atoms with Crippen molar-refractivity contribution in [3.05, 3.63) is 122 Å². The molecule has 3 atom stereocenters. The monoisotopic (exact) mass is 944 g/mol. The van der Waals surface area contributed by atoms with Gasteiger partial charge in [-0.1, -0.05) is 25.9 Å². The molecule has 1 unspecified atom stereocenters. The molecular formula is C50H58FN10O6P. The number of carbonyl (C=O) groups excluding carboxylic acids is 1. The number of nitrogens with zero attached hydrogens (tertiary/aromatic N) is 8. The maximum absolute atomic E-state index is 15.6. The van der Waals surface area contributed by atoms with Crippen LogP contribution in [-0.4, -0.2) is 95.6 Å². The molecule has 4 aromatic heterocycles. The van der Waals surface area contributed by atoms with Crippen LogP contribution < -0.4 is 27.0 Å². The fourth-order valence-corrected chi connectivity index (χ4v) is 13.0. The maximum atomic E-state index is 15.6. The highest BCUT2D eigenvalue weighted by molar-refractivity contribution is 7.71. The quantitative estimate of drug-likeness (QED) is 0.123. The number of hydrogen-bond donors (Lipinski definition) is 2. The molecule has 2 N–H and O–H groups in total. The Morgan fingerprint density at radius 2 is 1.66 bits per heavy atom. The number of morpholine rings is 1. The number of imidazole rings is 1. The molecule has 3 aromatic carbocycles. The van der Waals surface area contributed by atoms with E-state index in [-0.39, 0.29) is 28.9 Å². The van der Waals surface area contributed by atoms with E-state index in [1.54, 1.807) is 50.0 Å². The van der Waals surface area contributed by atoms with Gasteiger partial charge in [-0.25, -0.2) is 14.0 Å². The third-order valence-corrected chi connectivity index (χ3v) is 18.0. The number of fused-ring (bicyclic) bond motifs is 2. The summed E-state index contributed by atoms with van der Waals surface area (Å²) in [5.74, 6) is -0.883. The molecule has 7 aromatic rings. The van der Waals surface area contributed by atoms with Crippen molar-refractivity contribution in [1.29, 1.82) is 0 Å². The van der Waals surface area contributed by atoms with Crippen molar-refractivity contribution in [3.63, 3.8) is 0 Å². The lowest BCUT2D eigenvalue weighted by Crippen LogP contribution is -2.48. The molecule has 356 valence electrons. The van der Waals surface area contributed by atoms with Crippen LogP contribution in [0, 0.1) is 25.6 Å². The van der Waals surface area contributed by atoms with E-state index in [0.717, 1.165) is 28.4 Å². The molecule has 0 spiro atoms. The summed E-state index contributed by atoms with van der Waals surface area (Å²) < 4.78 is 47.1. The highest BCUT2D eigenvalue weighted by Gasteiger charge is 2.59. The van der Waals surface area contributed by atoms with Crippen LogP contribution in [0.5, 0.6) is 0 Å². The molecule has 1 amide bonds. The Labute approximate surface area is 393 Å². The second kappa shape index (κ2) is 16.4. The summed E-state index contributed by atoms with van der Waals surface area (Å²) in [5.41, 5.74) is 5.01. The molecule has 16 nitrogen and oxygen atoms in total. The second-order valence-corrected chi connectivity index (χ2v) is 22.8. The topological polar surface area (TPSA) is 170 Å². The zero-order valence-electron chi connectivity index (χ0n) is 40.0. The van der Waals surface area contributed by atoms with Gasteiger partial charge in [0, 0.05) is 84.5 Å². The Bertz CT molecular complexity index is 3310. The van der Waals surface area contributed by atoms with Gasteiger partial charge in [-0.05, 0) is 113 Å². The van der Waals surface area contributed by atoms with Crippen LogP contribution in [0.3, 0.4) is 0 Å². The number of ether oxygens (including phenoxy) is 1. The molecule has 68 heavy (non-hydrogen) atoms. The summed E-state index contributed by atoms with van der Waals surface area (Å²) in [6.07, 6.45) is 5.03. The first-order valence-electron chi connectivity index (χ1n) is 23.4. The summed E-state index contributed by atoms with van der Waals surface area (Å²) in [7, 11) is -0.878. The predicted molar refractivity (Wildman–Crippen MR) is 262 cm³/mol. The Kier molecular flexibility index (Phi) is 10.9.